The van der Waals surface area contributed by atoms with E-state index in [1.54, 1.807) is 12.2 Å². The zero-order valence-electron chi connectivity index (χ0n) is 20.6. The number of carbonyl (C=O) groups excluding carboxylic acids is 4. The number of cyclic esters (lactones) is 3. The maximum atomic E-state index is 13.5. The molecule has 10 heteroatoms. The molecule has 1 aliphatic carbocycles. The van der Waals surface area contributed by atoms with Crippen LogP contribution in [0.2, 0.25) is 0 Å². The number of methoxy groups -OCH3 is 1. The van der Waals surface area contributed by atoms with Gasteiger partial charge in [0.05, 0.1) is 24.2 Å². The van der Waals surface area contributed by atoms with E-state index in [0.29, 0.717) is 6.42 Å². The van der Waals surface area contributed by atoms with Gasteiger partial charge in [-0.05, 0) is 37.7 Å². The molecule has 0 aromatic heterocycles. The monoisotopic (exact) mass is 506 g/mol. The van der Waals surface area contributed by atoms with Crippen LogP contribution in [0, 0.1) is 16.7 Å². The molecule has 3 aliphatic heterocycles. The molecule has 1 saturated heterocycles. The lowest BCUT2D eigenvalue weighted by Gasteiger charge is -2.37. The van der Waals surface area contributed by atoms with Crippen molar-refractivity contribution < 1.29 is 48.3 Å². The molecule has 2 N–H and O–H groups in total. The number of carbonyl (C=O) groups is 4. The molecule has 7 unspecified atom stereocenters. The zero-order valence-corrected chi connectivity index (χ0v) is 20.6. The van der Waals surface area contributed by atoms with Gasteiger partial charge in [-0.1, -0.05) is 32.3 Å². The first kappa shape index (κ1) is 26.3. The Morgan fingerprint density at radius 1 is 1.14 bits per heavy atom. The lowest BCUT2D eigenvalue weighted by atomic mass is 9.60. The molecule has 1 spiro atoms. The van der Waals surface area contributed by atoms with E-state index >= 15 is 0 Å². The van der Waals surface area contributed by atoms with Crippen LogP contribution in [0.25, 0.3) is 0 Å². The molecule has 198 valence electrons. The van der Waals surface area contributed by atoms with Crippen molar-refractivity contribution in [1.82, 2.24) is 0 Å². The molecule has 3 heterocycles. The van der Waals surface area contributed by atoms with Crippen molar-refractivity contribution in [2.75, 3.05) is 7.11 Å². The van der Waals surface area contributed by atoms with E-state index in [-0.39, 0.29) is 31.3 Å². The maximum absolute atomic E-state index is 13.5. The summed E-state index contributed by atoms with van der Waals surface area (Å²) in [5, 5.41) is 21.5. The molecule has 0 radical (unpaired) electrons. The first-order chi connectivity index (χ1) is 17.2. The lowest BCUT2D eigenvalue weighted by molar-refractivity contribution is -0.169. The van der Waals surface area contributed by atoms with Crippen LogP contribution < -0.4 is 0 Å². The van der Waals surface area contributed by atoms with Crippen LogP contribution in [0.15, 0.2) is 23.8 Å². The average molecular weight is 507 g/mol. The van der Waals surface area contributed by atoms with E-state index in [9.17, 15) is 29.4 Å². The molecular formula is C26H34O10. The Hall–Kier alpha value is -2.72. The zero-order chi connectivity index (χ0) is 26.1. The predicted molar refractivity (Wildman–Crippen MR) is 123 cm³/mol. The number of hydrogen-bond donors (Lipinski definition) is 2. The van der Waals surface area contributed by atoms with Crippen LogP contribution in [0.4, 0.5) is 0 Å². The van der Waals surface area contributed by atoms with Gasteiger partial charge in [0.1, 0.15) is 17.6 Å². The quantitative estimate of drug-likeness (QED) is 0.270. The summed E-state index contributed by atoms with van der Waals surface area (Å²) in [6.07, 6.45) is 4.60. The minimum atomic E-state index is -1.83. The molecule has 0 amide bonds. The second-order valence-electron chi connectivity index (χ2n) is 10.2. The Balaban J connectivity index is 1.73. The van der Waals surface area contributed by atoms with E-state index < -0.39 is 65.2 Å². The molecule has 4 aliphatic rings. The lowest BCUT2D eigenvalue weighted by Crippen LogP contribution is -2.50. The summed E-state index contributed by atoms with van der Waals surface area (Å²) >= 11 is 0. The highest BCUT2D eigenvalue weighted by Crippen LogP contribution is 2.66. The van der Waals surface area contributed by atoms with E-state index in [2.05, 4.69) is 6.92 Å². The van der Waals surface area contributed by atoms with Gasteiger partial charge < -0.3 is 29.2 Å². The van der Waals surface area contributed by atoms with Crippen LogP contribution in [0.5, 0.6) is 0 Å². The molecule has 0 bridgehead atoms. The molecule has 36 heavy (non-hydrogen) atoms. The van der Waals surface area contributed by atoms with E-state index in [1.165, 1.54) is 6.08 Å². The number of aliphatic hydroxyl groups is 2. The Labute approximate surface area is 209 Å². The van der Waals surface area contributed by atoms with Gasteiger partial charge in [-0.15, -0.1) is 0 Å². The number of rotatable bonds is 9. The van der Waals surface area contributed by atoms with Crippen molar-refractivity contribution >= 4 is 23.9 Å². The summed E-state index contributed by atoms with van der Waals surface area (Å²) in [5.74, 6) is -3.73. The summed E-state index contributed by atoms with van der Waals surface area (Å²) in [6.45, 7) is 2.09. The van der Waals surface area contributed by atoms with Gasteiger partial charge in [-0.2, -0.15) is 0 Å². The third kappa shape index (κ3) is 4.34. The smallest absolute Gasteiger partial charge is 0.335 e. The Morgan fingerprint density at radius 2 is 1.92 bits per heavy atom. The summed E-state index contributed by atoms with van der Waals surface area (Å²) in [7, 11) is 1.16. The molecular weight excluding hydrogens is 472 g/mol. The van der Waals surface area contributed by atoms with Gasteiger partial charge in [0.2, 0.25) is 6.29 Å². The molecule has 10 nitrogen and oxygen atoms in total. The van der Waals surface area contributed by atoms with Crippen molar-refractivity contribution in [2.45, 2.75) is 89.3 Å². The summed E-state index contributed by atoms with van der Waals surface area (Å²) in [4.78, 5) is 51.8. The first-order valence-corrected chi connectivity index (χ1v) is 12.6. The third-order valence-electron chi connectivity index (χ3n) is 8.07. The van der Waals surface area contributed by atoms with Crippen LogP contribution >= 0.6 is 0 Å². The highest BCUT2D eigenvalue weighted by molar-refractivity contribution is 6.04. The van der Waals surface area contributed by atoms with Crippen LogP contribution in [0.3, 0.4) is 0 Å². The van der Waals surface area contributed by atoms with Crippen LogP contribution in [-0.4, -0.2) is 65.8 Å². The Bertz CT molecular complexity index is 970. The fourth-order valence-corrected chi connectivity index (χ4v) is 6.40. The maximum Gasteiger partial charge on any atom is 0.335 e. The minimum Gasteiger partial charge on any atom is -0.468 e. The summed E-state index contributed by atoms with van der Waals surface area (Å²) < 4.78 is 21.1. The summed E-state index contributed by atoms with van der Waals surface area (Å²) in [5.41, 5.74) is -3.48. The van der Waals surface area contributed by atoms with Crippen molar-refractivity contribution in [3.63, 3.8) is 0 Å². The SMILES string of the molecule is CCCCCCC1C=C(C2(C(=O)OC)CC(C(O)C3CC=CC(=O)O3)CC23CC(O)OC3=O)C(=O)O1. The first-order valence-electron chi connectivity index (χ1n) is 12.6. The van der Waals surface area contributed by atoms with Gasteiger partial charge >= 0.3 is 23.9 Å². The number of hydrogen-bond acceptors (Lipinski definition) is 10. The van der Waals surface area contributed by atoms with Crippen molar-refractivity contribution in [2.24, 2.45) is 16.7 Å². The highest BCUT2D eigenvalue weighted by Gasteiger charge is 2.74. The second kappa shape index (κ2) is 10.3. The van der Waals surface area contributed by atoms with E-state index in [4.69, 9.17) is 18.9 Å². The van der Waals surface area contributed by atoms with Gasteiger partial charge in [0, 0.05) is 18.9 Å². The molecule has 1 saturated carbocycles. The molecule has 0 aromatic rings. The Kier molecular flexibility index (Phi) is 7.56. The van der Waals surface area contributed by atoms with Gasteiger partial charge in [-0.3, -0.25) is 9.59 Å². The predicted octanol–water partition coefficient (Wildman–Crippen LogP) is 1.86. The number of aliphatic hydroxyl groups excluding tert-OH is 2. The number of unbranched alkanes of at least 4 members (excludes halogenated alkanes) is 3. The van der Waals surface area contributed by atoms with Crippen molar-refractivity contribution in [3.05, 3.63) is 23.8 Å². The fraction of sp³-hybridized carbons (Fsp3) is 0.692. The second-order valence-corrected chi connectivity index (χ2v) is 10.2. The van der Waals surface area contributed by atoms with Crippen molar-refractivity contribution in [1.29, 1.82) is 0 Å². The molecule has 0 aromatic carbocycles. The molecule has 4 rings (SSSR count). The number of esters is 4. The minimum absolute atomic E-state index is 0.00359. The third-order valence-corrected chi connectivity index (χ3v) is 8.07. The fourth-order valence-electron chi connectivity index (χ4n) is 6.40. The average Bonchev–Trinajstić information content (AvgIpc) is 3.49. The van der Waals surface area contributed by atoms with Crippen LogP contribution in [-0.2, 0) is 38.1 Å². The largest absolute Gasteiger partial charge is 0.468 e. The normalized spacial score (nSPS) is 36.4. The van der Waals surface area contributed by atoms with E-state index in [0.717, 1.165) is 32.8 Å². The number of ether oxygens (including phenoxy) is 4. The van der Waals surface area contributed by atoms with Gasteiger partial charge in [-0.25, -0.2) is 9.59 Å². The summed E-state index contributed by atoms with van der Waals surface area (Å²) in [6, 6.07) is 0. The van der Waals surface area contributed by atoms with Gasteiger partial charge in [0.25, 0.3) is 0 Å². The molecule has 2 fully saturated rings. The Morgan fingerprint density at radius 3 is 2.56 bits per heavy atom. The standard InChI is InChI=1S/C26H34O10/c1-3-4-5-6-8-16-11-17(22(30)34-16)26(24(32)33-2)13-15(12-25(26)14-20(28)36-23(25)31)21(29)18-9-7-10-19(27)35-18/h7,10-11,15-16,18,20-21,28-29H,3-6,8-9,12-14H2,1-2H3. The van der Waals surface area contributed by atoms with Crippen molar-refractivity contribution in [3.8, 4) is 0 Å². The highest BCUT2D eigenvalue weighted by atomic mass is 16.6. The topological polar surface area (TPSA) is 146 Å². The van der Waals surface area contributed by atoms with Gasteiger partial charge in [0.15, 0.2) is 0 Å². The molecule has 7 atom stereocenters. The van der Waals surface area contributed by atoms with E-state index in [1.807, 2.05) is 0 Å². The van der Waals surface area contributed by atoms with Crippen LogP contribution in [0.1, 0.15) is 64.7 Å².